The first-order valence-corrected chi connectivity index (χ1v) is 7.18. The van der Waals surface area contributed by atoms with Gasteiger partial charge >= 0.3 is 0 Å². The van der Waals surface area contributed by atoms with E-state index in [1.807, 2.05) is 6.92 Å². The Bertz CT molecular complexity index is 439. The van der Waals surface area contributed by atoms with Crippen LogP contribution < -0.4 is 10.1 Å². The van der Waals surface area contributed by atoms with Gasteiger partial charge in [0.05, 0.1) is 16.1 Å². The van der Waals surface area contributed by atoms with E-state index in [2.05, 4.69) is 28.2 Å². The molecular formula is C12H14BrCl2NO. The third kappa shape index (κ3) is 2.43. The molecule has 0 aromatic heterocycles. The van der Waals surface area contributed by atoms with Gasteiger partial charge in [-0.05, 0) is 41.9 Å². The van der Waals surface area contributed by atoms with E-state index in [0.717, 1.165) is 23.0 Å². The van der Waals surface area contributed by atoms with E-state index < -0.39 is 0 Å². The van der Waals surface area contributed by atoms with Crippen molar-refractivity contribution in [2.24, 2.45) is 0 Å². The number of rotatable bonds is 3. The number of hydrogen-bond acceptors (Lipinski definition) is 2. The molecule has 0 radical (unpaired) electrons. The van der Waals surface area contributed by atoms with Crippen molar-refractivity contribution >= 4 is 39.1 Å². The summed E-state index contributed by atoms with van der Waals surface area (Å²) < 4.78 is 6.59. The summed E-state index contributed by atoms with van der Waals surface area (Å²) in [6.45, 7) is 5.08. The molecular weight excluding hydrogens is 325 g/mol. The van der Waals surface area contributed by atoms with Crippen LogP contribution in [0.1, 0.15) is 31.9 Å². The fraction of sp³-hybridized carbons (Fsp3) is 0.500. The zero-order chi connectivity index (χ0) is 12.6. The van der Waals surface area contributed by atoms with E-state index in [4.69, 9.17) is 27.9 Å². The third-order valence-electron chi connectivity index (χ3n) is 2.86. The Morgan fingerprint density at radius 1 is 1.47 bits per heavy atom. The summed E-state index contributed by atoms with van der Waals surface area (Å²) in [6.07, 6.45) is 1.11. The quantitative estimate of drug-likeness (QED) is 0.814. The molecule has 0 aliphatic carbocycles. The van der Waals surface area contributed by atoms with Crippen LogP contribution in [0.25, 0.3) is 0 Å². The average Bonchev–Trinajstić information content (AvgIpc) is 2.61. The fourth-order valence-corrected chi connectivity index (χ4v) is 3.14. The molecule has 0 bridgehead atoms. The lowest BCUT2D eigenvalue weighted by Crippen LogP contribution is -2.29. The minimum Gasteiger partial charge on any atom is -0.487 e. The number of nitrogens with one attached hydrogen (secondary N) is 1. The Kier molecular flexibility index (Phi) is 4.24. The van der Waals surface area contributed by atoms with Gasteiger partial charge in [-0.25, -0.2) is 0 Å². The van der Waals surface area contributed by atoms with Gasteiger partial charge in [0.1, 0.15) is 11.9 Å². The highest BCUT2D eigenvalue weighted by molar-refractivity contribution is 9.10. The highest BCUT2D eigenvalue weighted by Gasteiger charge is 2.35. The zero-order valence-electron chi connectivity index (χ0n) is 9.69. The van der Waals surface area contributed by atoms with Crippen LogP contribution in [0.4, 0.5) is 0 Å². The first kappa shape index (κ1) is 13.5. The maximum atomic E-state index is 6.32. The molecule has 1 heterocycles. The molecule has 5 heteroatoms. The number of hydrogen-bond donors (Lipinski definition) is 1. The molecule has 0 saturated carbocycles. The van der Waals surface area contributed by atoms with Crippen molar-refractivity contribution in [1.29, 1.82) is 0 Å². The summed E-state index contributed by atoms with van der Waals surface area (Å²) in [5.41, 5.74) is 0.965. The molecule has 2 nitrogen and oxygen atoms in total. The Balaban J connectivity index is 2.43. The molecule has 0 fully saturated rings. The Morgan fingerprint density at radius 3 is 2.82 bits per heavy atom. The largest absolute Gasteiger partial charge is 0.487 e. The van der Waals surface area contributed by atoms with Gasteiger partial charge in [-0.3, -0.25) is 0 Å². The molecule has 2 unspecified atom stereocenters. The van der Waals surface area contributed by atoms with E-state index >= 15 is 0 Å². The molecule has 1 aromatic carbocycles. The van der Waals surface area contributed by atoms with Crippen molar-refractivity contribution in [2.75, 3.05) is 6.54 Å². The normalized spacial score (nSPS) is 22.4. The maximum Gasteiger partial charge on any atom is 0.144 e. The second kappa shape index (κ2) is 5.35. The standard InChI is InChI=1S/C12H14BrCl2NO/c1-3-4-16-11-6(2)17-12-8(14)5-7(13)10(15)9(11)12/h5-6,11,16H,3-4H2,1-2H3. The lowest BCUT2D eigenvalue weighted by atomic mass is 10.0. The predicted octanol–water partition coefficient (Wildman–Crippen LogP) is 4.58. The highest BCUT2D eigenvalue weighted by Crippen LogP contribution is 2.48. The molecule has 0 saturated heterocycles. The fourth-order valence-electron chi connectivity index (χ4n) is 2.05. The maximum absolute atomic E-state index is 6.32. The monoisotopic (exact) mass is 337 g/mol. The number of benzene rings is 1. The lowest BCUT2D eigenvalue weighted by molar-refractivity contribution is 0.210. The highest BCUT2D eigenvalue weighted by atomic mass is 79.9. The van der Waals surface area contributed by atoms with Gasteiger partial charge in [-0.2, -0.15) is 0 Å². The van der Waals surface area contributed by atoms with Crippen LogP contribution in [-0.2, 0) is 0 Å². The van der Waals surface area contributed by atoms with Crippen LogP contribution in [-0.4, -0.2) is 12.6 Å². The predicted molar refractivity (Wildman–Crippen MR) is 75.3 cm³/mol. The first-order valence-electron chi connectivity index (χ1n) is 5.63. The minimum absolute atomic E-state index is 0.0425. The Labute approximate surface area is 120 Å². The Morgan fingerprint density at radius 2 is 2.18 bits per heavy atom. The van der Waals surface area contributed by atoms with Gasteiger partial charge in [0.25, 0.3) is 0 Å². The molecule has 1 aliphatic heterocycles. The van der Waals surface area contributed by atoms with Gasteiger partial charge in [0, 0.05) is 10.0 Å². The average molecular weight is 339 g/mol. The van der Waals surface area contributed by atoms with Crippen LogP contribution in [0.5, 0.6) is 5.75 Å². The van der Waals surface area contributed by atoms with Crippen LogP contribution in [0.15, 0.2) is 10.5 Å². The second-order valence-electron chi connectivity index (χ2n) is 4.15. The topological polar surface area (TPSA) is 21.3 Å². The van der Waals surface area contributed by atoms with E-state index in [0.29, 0.717) is 15.8 Å². The number of halogens is 3. The third-order valence-corrected chi connectivity index (χ3v) is 4.40. The summed E-state index contributed by atoms with van der Waals surface area (Å²) in [5, 5.41) is 4.73. The van der Waals surface area contributed by atoms with Crippen LogP contribution in [0.2, 0.25) is 10.0 Å². The minimum atomic E-state index is 0.0425. The second-order valence-corrected chi connectivity index (χ2v) is 5.79. The molecule has 17 heavy (non-hydrogen) atoms. The number of fused-ring (bicyclic) bond motifs is 1. The van der Waals surface area contributed by atoms with Gasteiger partial charge < -0.3 is 10.1 Å². The zero-order valence-corrected chi connectivity index (χ0v) is 12.8. The summed E-state index contributed by atoms with van der Waals surface area (Å²) >= 11 is 15.9. The molecule has 0 spiro atoms. The molecule has 94 valence electrons. The van der Waals surface area contributed by atoms with Gasteiger partial charge in [0.2, 0.25) is 0 Å². The van der Waals surface area contributed by atoms with Crippen molar-refractivity contribution in [3.05, 3.63) is 26.1 Å². The van der Waals surface area contributed by atoms with E-state index in [1.54, 1.807) is 6.07 Å². The Hall–Kier alpha value is 0.0400. The van der Waals surface area contributed by atoms with Gasteiger partial charge in [-0.15, -0.1) is 0 Å². The molecule has 0 amide bonds. The molecule has 2 rings (SSSR count). The van der Waals surface area contributed by atoms with Gasteiger partial charge in [0.15, 0.2) is 0 Å². The van der Waals surface area contributed by atoms with Crippen molar-refractivity contribution in [3.8, 4) is 5.75 Å². The summed E-state index contributed by atoms with van der Waals surface area (Å²) in [5.74, 6) is 0.709. The molecule has 1 N–H and O–H groups in total. The van der Waals surface area contributed by atoms with Crippen LogP contribution >= 0.6 is 39.1 Å². The van der Waals surface area contributed by atoms with Crippen LogP contribution in [0, 0.1) is 0 Å². The van der Waals surface area contributed by atoms with Crippen molar-refractivity contribution in [2.45, 2.75) is 32.4 Å². The first-order chi connectivity index (χ1) is 8.06. The number of ether oxygens (including phenoxy) is 1. The van der Waals surface area contributed by atoms with Crippen LogP contribution in [0.3, 0.4) is 0 Å². The van der Waals surface area contributed by atoms with E-state index in [-0.39, 0.29) is 12.1 Å². The van der Waals surface area contributed by atoms with E-state index in [9.17, 15) is 0 Å². The van der Waals surface area contributed by atoms with Crippen molar-refractivity contribution in [1.82, 2.24) is 5.32 Å². The molecule has 1 aliphatic rings. The smallest absolute Gasteiger partial charge is 0.144 e. The van der Waals surface area contributed by atoms with Crippen molar-refractivity contribution < 1.29 is 4.74 Å². The molecule has 2 atom stereocenters. The summed E-state index contributed by atoms with van der Waals surface area (Å²) in [7, 11) is 0. The van der Waals surface area contributed by atoms with Crippen molar-refractivity contribution in [3.63, 3.8) is 0 Å². The summed E-state index contributed by atoms with van der Waals surface area (Å²) in [4.78, 5) is 0. The van der Waals surface area contributed by atoms with E-state index in [1.165, 1.54) is 0 Å². The lowest BCUT2D eigenvalue weighted by Gasteiger charge is -2.17. The SMILES string of the molecule is CCCNC1c2c(Cl)c(Br)cc(Cl)c2OC1C. The summed E-state index contributed by atoms with van der Waals surface area (Å²) in [6, 6.07) is 1.88. The van der Waals surface area contributed by atoms with Gasteiger partial charge in [-0.1, -0.05) is 30.1 Å². The molecule has 1 aromatic rings.